The Morgan fingerprint density at radius 1 is 0.875 bits per heavy atom. The van der Waals surface area contributed by atoms with Gasteiger partial charge in [0.15, 0.2) is 0 Å². The van der Waals surface area contributed by atoms with Crippen molar-refractivity contribution in [2.24, 2.45) is 0 Å². The smallest absolute Gasteiger partial charge is 0.416 e. The van der Waals surface area contributed by atoms with Crippen molar-refractivity contribution in [3.05, 3.63) is 71.7 Å². The van der Waals surface area contributed by atoms with Crippen molar-refractivity contribution < 1.29 is 35.9 Å². The first kappa shape index (κ1) is 22.8. The number of ether oxygens (including phenoxy) is 1. The van der Waals surface area contributed by atoms with Crippen molar-refractivity contribution >= 4 is 17.6 Å². The lowest BCUT2D eigenvalue weighted by molar-refractivity contribution is -0.143. The number of alkyl halides is 6. The number of nitrogens with zero attached hydrogens (tertiary/aromatic N) is 4. The van der Waals surface area contributed by atoms with Gasteiger partial charge in [0.2, 0.25) is 0 Å². The van der Waals surface area contributed by atoms with Crippen LogP contribution in [0.2, 0.25) is 0 Å². The first-order valence-electron chi connectivity index (χ1n) is 8.66. The third-order valence-corrected chi connectivity index (χ3v) is 4.11. The van der Waals surface area contributed by atoms with Gasteiger partial charge in [-0.3, -0.25) is 4.98 Å². The third kappa shape index (κ3) is 5.25. The molecule has 2 aromatic heterocycles. The first-order valence-corrected chi connectivity index (χ1v) is 8.66. The zero-order valence-corrected chi connectivity index (χ0v) is 16.1. The number of carbonyl (C=O) groups is 1. The van der Waals surface area contributed by atoms with Crippen LogP contribution in [-0.2, 0) is 21.9 Å². The van der Waals surface area contributed by atoms with Crippen molar-refractivity contribution in [1.82, 2.24) is 19.9 Å². The summed E-state index contributed by atoms with van der Waals surface area (Å²) in [5.41, 5.74) is -3.48. The monoisotopic (exact) mass is 454 g/mol. The van der Waals surface area contributed by atoms with Crippen molar-refractivity contribution in [1.29, 1.82) is 0 Å². The zero-order valence-electron chi connectivity index (χ0n) is 16.1. The highest BCUT2D eigenvalue weighted by Gasteiger charge is 2.37. The summed E-state index contributed by atoms with van der Waals surface area (Å²) < 4.78 is 83.6. The highest BCUT2D eigenvalue weighted by molar-refractivity contribution is 6.21. The minimum Gasteiger partial charge on any atom is -0.465 e. The normalized spacial score (nSPS) is 12.5. The molecule has 3 rings (SSSR count). The van der Waals surface area contributed by atoms with E-state index in [2.05, 4.69) is 19.9 Å². The molecule has 0 amide bonds. The van der Waals surface area contributed by atoms with Gasteiger partial charge in [-0.1, -0.05) is 0 Å². The summed E-state index contributed by atoms with van der Waals surface area (Å²) in [6, 6.07) is 1.10. The number of benzene rings is 1. The molecule has 0 aliphatic carbocycles. The molecule has 0 radical (unpaired) electrons. The maximum absolute atomic E-state index is 13.1. The van der Waals surface area contributed by atoms with E-state index in [9.17, 15) is 31.1 Å². The van der Waals surface area contributed by atoms with Gasteiger partial charge < -0.3 is 4.74 Å². The summed E-state index contributed by atoms with van der Waals surface area (Å²) in [7, 11) is 1.13. The van der Waals surface area contributed by atoms with E-state index in [-0.39, 0.29) is 28.6 Å². The fourth-order valence-electron chi connectivity index (χ4n) is 2.65. The number of carbonyl (C=O) groups excluding carboxylic acids is 1. The standard InChI is InChI=1S/C20H12F6N4O2/c1-32-18(31)16(12-6-28-10-29-7-12)5-15-8-27-9-17(30-15)11-2-13(19(21,22)23)4-14(3-11)20(24,25)26/h2-10H,1H3/b16-5+. The summed E-state index contributed by atoms with van der Waals surface area (Å²) >= 11 is 0. The number of esters is 1. The molecular weight excluding hydrogens is 442 g/mol. The maximum atomic E-state index is 13.1. The van der Waals surface area contributed by atoms with Gasteiger partial charge in [-0.2, -0.15) is 26.3 Å². The van der Waals surface area contributed by atoms with Crippen LogP contribution in [0.5, 0.6) is 0 Å². The summed E-state index contributed by atoms with van der Waals surface area (Å²) in [4.78, 5) is 27.6. The van der Waals surface area contributed by atoms with Crippen LogP contribution in [-0.4, -0.2) is 33.0 Å². The second kappa shape index (κ2) is 8.73. The molecule has 32 heavy (non-hydrogen) atoms. The van der Waals surface area contributed by atoms with Gasteiger partial charge in [0.05, 0.1) is 47.6 Å². The van der Waals surface area contributed by atoms with Crippen LogP contribution in [0.25, 0.3) is 22.9 Å². The molecule has 166 valence electrons. The maximum Gasteiger partial charge on any atom is 0.416 e. The number of aromatic nitrogens is 4. The SMILES string of the molecule is COC(=O)/C(=C/c1cncc(-c2cc(C(F)(F)F)cc(C(F)(F)F)c2)n1)c1cncnc1. The van der Waals surface area contributed by atoms with Gasteiger partial charge >= 0.3 is 18.3 Å². The Balaban J connectivity index is 2.13. The number of hydrogen-bond donors (Lipinski definition) is 0. The molecule has 0 aliphatic rings. The largest absolute Gasteiger partial charge is 0.465 e. The molecule has 0 atom stereocenters. The van der Waals surface area contributed by atoms with E-state index in [1.54, 1.807) is 0 Å². The molecule has 3 aromatic rings. The molecule has 0 aliphatic heterocycles. The van der Waals surface area contributed by atoms with Crippen LogP contribution in [0, 0.1) is 0 Å². The molecule has 6 nitrogen and oxygen atoms in total. The van der Waals surface area contributed by atoms with Crippen LogP contribution in [0.4, 0.5) is 26.3 Å². The van der Waals surface area contributed by atoms with Crippen molar-refractivity contribution in [3.8, 4) is 11.3 Å². The average Bonchev–Trinajstić information content (AvgIpc) is 2.76. The third-order valence-electron chi connectivity index (χ3n) is 4.11. The number of rotatable bonds is 4. The highest BCUT2D eigenvalue weighted by atomic mass is 19.4. The first-order chi connectivity index (χ1) is 15.0. The highest BCUT2D eigenvalue weighted by Crippen LogP contribution is 2.38. The molecule has 0 bridgehead atoms. The Morgan fingerprint density at radius 3 is 2.00 bits per heavy atom. The molecule has 0 saturated heterocycles. The predicted octanol–water partition coefficient (Wildman–Crippen LogP) is 4.68. The molecule has 0 spiro atoms. The summed E-state index contributed by atoms with van der Waals surface area (Å²) in [5, 5.41) is 0. The van der Waals surface area contributed by atoms with Gasteiger partial charge in [0.25, 0.3) is 0 Å². The Morgan fingerprint density at radius 2 is 1.47 bits per heavy atom. The topological polar surface area (TPSA) is 77.9 Å². The fourth-order valence-corrected chi connectivity index (χ4v) is 2.65. The lowest BCUT2D eigenvalue weighted by atomic mass is 10.0. The Kier molecular flexibility index (Phi) is 6.23. The van der Waals surface area contributed by atoms with Gasteiger partial charge in [-0.25, -0.2) is 19.7 Å². The zero-order chi connectivity index (χ0) is 23.5. The summed E-state index contributed by atoms with van der Waals surface area (Å²) in [5.74, 6) is -0.787. The van der Waals surface area contributed by atoms with Crippen molar-refractivity contribution in [2.45, 2.75) is 12.4 Å². The van der Waals surface area contributed by atoms with Gasteiger partial charge in [-0.15, -0.1) is 0 Å². The Labute approximate surface area is 176 Å². The number of hydrogen-bond acceptors (Lipinski definition) is 6. The summed E-state index contributed by atoms with van der Waals surface area (Å²) in [6.07, 6.45) is -2.77. The average molecular weight is 454 g/mol. The molecule has 0 fully saturated rings. The van der Waals surface area contributed by atoms with Gasteiger partial charge in [0.1, 0.15) is 6.33 Å². The van der Waals surface area contributed by atoms with E-state index in [1.807, 2.05) is 0 Å². The minimum atomic E-state index is -5.01. The van der Waals surface area contributed by atoms with Gasteiger partial charge in [-0.05, 0) is 24.3 Å². The quantitative estimate of drug-likeness (QED) is 0.324. The Bertz CT molecular complexity index is 1130. The molecule has 0 unspecified atom stereocenters. The van der Waals surface area contributed by atoms with Crippen LogP contribution in [0.1, 0.15) is 22.4 Å². The van der Waals surface area contributed by atoms with E-state index in [0.29, 0.717) is 12.1 Å². The van der Waals surface area contributed by atoms with E-state index in [1.165, 1.54) is 31.0 Å². The van der Waals surface area contributed by atoms with E-state index < -0.39 is 35.0 Å². The van der Waals surface area contributed by atoms with Crippen LogP contribution in [0.15, 0.2) is 49.3 Å². The minimum absolute atomic E-state index is 0.0160. The number of halogens is 6. The predicted molar refractivity (Wildman–Crippen MR) is 99.4 cm³/mol. The lowest BCUT2D eigenvalue weighted by Crippen LogP contribution is -2.11. The summed E-state index contributed by atoms with van der Waals surface area (Å²) in [6.45, 7) is 0. The molecule has 12 heteroatoms. The Hall–Kier alpha value is -3.83. The molecule has 2 heterocycles. The fraction of sp³-hybridized carbons (Fsp3) is 0.150. The second-order valence-corrected chi connectivity index (χ2v) is 6.30. The lowest BCUT2D eigenvalue weighted by Gasteiger charge is -2.14. The van der Waals surface area contributed by atoms with Crippen molar-refractivity contribution in [2.75, 3.05) is 7.11 Å². The molecular formula is C20H12F6N4O2. The second-order valence-electron chi connectivity index (χ2n) is 6.30. The van der Waals surface area contributed by atoms with Crippen LogP contribution < -0.4 is 0 Å². The van der Waals surface area contributed by atoms with Crippen molar-refractivity contribution in [3.63, 3.8) is 0 Å². The molecule has 0 saturated carbocycles. The van der Waals surface area contributed by atoms with Gasteiger partial charge in [0, 0.05) is 23.5 Å². The molecule has 1 aromatic carbocycles. The van der Waals surface area contributed by atoms with E-state index >= 15 is 0 Å². The van der Waals surface area contributed by atoms with E-state index in [4.69, 9.17) is 4.74 Å². The number of methoxy groups -OCH3 is 1. The van der Waals surface area contributed by atoms with Crippen LogP contribution >= 0.6 is 0 Å². The van der Waals surface area contributed by atoms with E-state index in [0.717, 1.165) is 13.3 Å². The van der Waals surface area contributed by atoms with Crippen LogP contribution in [0.3, 0.4) is 0 Å². The molecule has 0 N–H and O–H groups in total.